The Kier molecular flexibility index (Phi) is 7.29. The van der Waals surface area contributed by atoms with Crippen LogP contribution in [-0.4, -0.2) is 29.7 Å². The maximum Gasteiger partial charge on any atom is 0.315 e. The first kappa shape index (κ1) is 17.0. The fourth-order valence-corrected chi connectivity index (χ4v) is 2.05. The van der Waals surface area contributed by atoms with Gasteiger partial charge in [-0.05, 0) is 31.2 Å². The first-order valence-electron chi connectivity index (χ1n) is 7.30. The fourth-order valence-electron chi connectivity index (χ4n) is 2.05. The van der Waals surface area contributed by atoms with Crippen LogP contribution in [0.25, 0.3) is 0 Å². The number of carboxylic acids is 1. The second-order valence-electron chi connectivity index (χ2n) is 5.35. The van der Waals surface area contributed by atoms with Crippen molar-refractivity contribution in [3.8, 4) is 0 Å². The van der Waals surface area contributed by atoms with Gasteiger partial charge >= 0.3 is 12.0 Å². The van der Waals surface area contributed by atoms with Gasteiger partial charge in [0, 0.05) is 19.0 Å². The minimum Gasteiger partial charge on any atom is -0.481 e. The Labute approximate surface area is 125 Å². The maximum atomic E-state index is 11.7. The molecule has 1 aromatic carbocycles. The van der Waals surface area contributed by atoms with Gasteiger partial charge < -0.3 is 15.7 Å². The van der Waals surface area contributed by atoms with Crippen molar-refractivity contribution < 1.29 is 14.7 Å². The molecule has 0 spiro atoms. The summed E-state index contributed by atoms with van der Waals surface area (Å²) in [6.07, 6.45) is 1.36. The summed E-state index contributed by atoms with van der Waals surface area (Å²) in [5.74, 6) is -0.553. The van der Waals surface area contributed by atoms with Gasteiger partial charge in [0.05, 0.1) is 0 Å². The van der Waals surface area contributed by atoms with Crippen molar-refractivity contribution >= 4 is 12.0 Å². The zero-order chi connectivity index (χ0) is 15.7. The number of carboxylic acid groups (broad SMARTS) is 1. The van der Waals surface area contributed by atoms with E-state index in [1.165, 1.54) is 5.56 Å². The lowest BCUT2D eigenvalue weighted by Gasteiger charge is -2.17. The van der Waals surface area contributed by atoms with E-state index in [9.17, 15) is 9.59 Å². The molecule has 0 bridgehead atoms. The van der Waals surface area contributed by atoms with E-state index < -0.39 is 5.97 Å². The molecule has 0 saturated heterocycles. The molecule has 0 aliphatic carbocycles. The molecule has 2 amide bonds. The normalized spacial score (nSPS) is 13.2. The number of benzene rings is 1. The highest BCUT2D eigenvalue weighted by atomic mass is 16.4. The number of nitrogens with one attached hydrogen (secondary N) is 2. The van der Waals surface area contributed by atoms with Crippen molar-refractivity contribution in [3.63, 3.8) is 0 Å². The Morgan fingerprint density at radius 2 is 1.86 bits per heavy atom. The van der Waals surface area contributed by atoms with E-state index in [1.54, 1.807) is 0 Å². The van der Waals surface area contributed by atoms with Crippen molar-refractivity contribution in [3.05, 3.63) is 35.9 Å². The van der Waals surface area contributed by atoms with Crippen molar-refractivity contribution in [2.24, 2.45) is 0 Å². The monoisotopic (exact) mass is 292 g/mol. The third kappa shape index (κ3) is 7.34. The van der Waals surface area contributed by atoms with Crippen molar-refractivity contribution in [1.29, 1.82) is 0 Å². The van der Waals surface area contributed by atoms with Crippen LogP contribution in [0.2, 0.25) is 0 Å². The largest absolute Gasteiger partial charge is 0.481 e. The molecule has 0 aliphatic rings. The molecule has 0 fully saturated rings. The Hall–Kier alpha value is -2.04. The van der Waals surface area contributed by atoms with Gasteiger partial charge in [-0.1, -0.05) is 37.3 Å². The topological polar surface area (TPSA) is 78.4 Å². The van der Waals surface area contributed by atoms with E-state index in [1.807, 2.05) is 37.3 Å². The zero-order valence-corrected chi connectivity index (χ0v) is 12.6. The fraction of sp³-hybridized carbons (Fsp3) is 0.500. The van der Waals surface area contributed by atoms with Crippen molar-refractivity contribution in [2.75, 3.05) is 6.54 Å². The second-order valence-corrected chi connectivity index (χ2v) is 5.35. The number of carbonyl (C=O) groups excluding carboxylic acids is 1. The summed E-state index contributed by atoms with van der Waals surface area (Å²) >= 11 is 0. The van der Waals surface area contributed by atoms with Crippen LogP contribution in [0.3, 0.4) is 0 Å². The SMILES string of the molecule is CC(CCCC(=O)O)NC(=O)NCC(C)c1ccccc1. The summed E-state index contributed by atoms with van der Waals surface area (Å²) < 4.78 is 0. The summed E-state index contributed by atoms with van der Waals surface area (Å²) in [4.78, 5) is 22.2. The van der Waals surface area contributed by atoms with Gasteiger partial charge in [0.2, 0.25) is 0 Å². The molecule has 2 unspecified atom stereocenters. The standard InChI is InChI=1S/C16H24N2O3/c1-12(14-8-4-3-5-9-14)11-17-16(21)18-13(2)7-6-10-15(19)20/h3-5,8-9,12-13H,6-7,10-11H2,1-2H3,(H,19,20)(H2,17,18,21). The third-order valence-corrected chi connectivity index (χ3v) is 3.34. The zero-order valence-electron chi connectivity index (χ0n) is 12.6. The number of urea groups is 1. The number of aliphatic carboxylic acids is 1. The molecule has 116 valence electrons. The highest BCUT2D eigenvalue weighted by Crippen LogP contribution is 2.12. The Bertz CT molecular complexity index is 448. The van der Waals surface area contributed by atoms with E-state index >= 15 is 0 Å². The lowest BCUT2D eigenvalue weighted by Crippen LogP contribution is -2.42. The van der Waals surface area contributed by atoms with Gasteiger partial charge in [-0.15, -0.1) is 0 Å². The molecule has 0 radical (unpaired) electrons. The Balaban J connectivity index is 2.23. The predicted molar refractivity (Wildman–Crippen MR) is 82.3 cm³/mol. The lowest BCUT2D eigenvalue weighted by molar-refractivity contribution is -0.137. The molecule has 0 saturated carbocycles. The summed E-state index contributed by atoms with van der Waals surface area (Å²) in [5, 5.41) is 14.2. The molecule has 2 atom stereocenters. The van der Waals surface area contributed by atoms with Gasteiger partial charge in [-0.3, -0.25) is 4.79 Å². The van der Waals surface area contributed by atoms with E-state index in [0.29, 0.717) is 19.4 Å². The van der Waals surface area contributed by atoms with Crippen LogP contribution in [-0.2, 0) is 4.79 Å². The molecular weight excluding hydrogens is 268 g/mol. The molecular formula is C16H24N2O3. The number of carbonyl (C=O) groups is 2. The van der Waals surface area contributed by atoms with E-state index in [2.05, 4.69) is 17.6 Å². The first-order chi connectivity index (χ1) is 9.99. The van der Waals surface area contributed by atoms with E-state index in [-0.39, 0.29) is 24.4 Å². The van der Waals surface area contributed by atoms with Gasteiger partial charge in [0.1, 0.15) is 0 Å². The summed E-state index contributed by atoms with van der Waals surface area (Å²) in [7, 11) is 0. The smallest absolute Gasteiger partial charge is 0.315 e. The summed E-state index contributed by atoms with van der Waals surface area (Å²) in [6, 6.07) is 9.77. The van der Waals surface area contributed by atoms with Gasteiger partial charge in [0.15, 0.2) is 0 Å². The molecule has 0 heterocycles. The van der Waals surface area contributed by atoms with Gasteiger partial charge in [0.25, 0.3) is 0 Å². The minimum atomic E-state index is -0.802. The second kappa shape index (κ2) is 9.00. The third-order valence-electron chi connectivity index (χ3n) is 3.34. The molecule has 21 heavy (non-hydrogen) atoms. The molecule has 5 heteroatoms. The number of hydrogen-bond acceptors (Lipinski definition) is 2. The predicted octanol–water partition coefficient (Wildman–Crippen LogP) is 2.73. The van der Waals surface area contributed by atoms with Crippen LogP contribution in [0.15, 0.2) is 30.3 Å². The highest BCUT2D eigenvalue weighted by Gasteiger charge is 2.10. The van der Waals surface area contributed by atoms with Crippen LogP contribution < -0.4 is 10.6 Å². The van der Waals surface area contributed by atoms with Crippen LogP contribution in [0.1, 0.15) is 44.6 Å². The molecule has 0 aliphatic heterocycles. The molecule has 1 rings (SSSR count). The highest BCUT2D eigenvalue weighted by molar-refractivity contribution is 5.74. The van der Waals surface area contributed by atoms with E-state index in [4.69, 9.17) is 5.11 Å². The first-order valence-corrected chi connectivity index (χ1v) is 7.30. The van der Waals surface area contributed by atoms with Crippen molar-refractivity contribution in [2.45, 2.75) is 45.1 Å². The molecule has 0 aromatic heterocycles. The number of amides is 2. The number of rotatable bonds is 8. The van der Waals surface area contributed by atoms with Crippen LogP contribution in [0.5, 0.6) is 0 Å². The van der Waals surface area contributed by atoms with Gasteiger partial charge in [-0.2, -0.15) is 0 Å². The van der Waals surface area contributed by atoms with Crippen LogP contribution in [0.4, 0.5) is 4.79 Å². The van der Waals surface area contributed by atoms with Gasteiger partial charge in [-0.25, -0.2) is 4.79 Å². The maximum absolute atomic E-state index is 11.7. The minimum absolute atomic E-state index is 0.0311. The van der Waals surface area contributed by atoms with E-state index in [0.717, 1.165) is 0 Å². The molecule has 3 N–H and O–H groups in total. The lowest BCUT2D eigenvalue weighted by atomic mass is 10.0. The van der Waals surface area contributed by atoms with Crippen molar-refractivity contribution in [1.82, 2.24) is 10.6 Å². The van der Waals surface area contributed by atoms with Crippen LogP contribution in [0, 0.1) is 0 Å². The number of hydrogen-bond donors (Lipinski definition) is 3. The Morgan fingerprint density at radius 3 is 2.48 bits per heavy atom. The molecule has 1 aromatic rings. The Morgan fingerprint density at radius 1 is 1.19 bits per heavy atom. The summed E-state index contributed by atoms with van der Waals surface area (Å²) in [5.41, 5.74) is 1.19. The molecule has 5 nitrogen and oxygen atoms in total. The van der Waals surface area contributed by atoms with Crippen LogP contribution >= 0.6 is 0 Å². The quantitative estimate of drug-likeness (QED) is 0.689. The average molecular weight is 292 g/mol. The average Bonchev–Trinajstić information content (AvgIpc) is 2.45. The summed E-state index contributed by atoms with van der Waals surface area (Å²) in [6.45, 7) is 4.51.